The number of ether oxygens (including phenoxy) is 1. The fraction of sp³-hybridized carbons (Fsp3) is 0.250. The van der Waals surface area contributed by atoms with Crippen LogP contribution in [-0.2, 0) is 6.54 Å². The van der Waals surface area contributed by atoms with E-state index in [1.807, 2.05) is 18.2 Å². The van der Waals surface area contributed by atoms with Gasteiger partial charge in [0, 0.05) is 49.9 Å². The van der Waals surface area contributed by atoms with Crippen LogP contribution in [0.1, 0.15) is 28.8 Å². The van der Waals surface area contributed by atoms with E-state index in [-0.39, 0.29) is 17.7 Å². The molecule has 0 saturated carbocycles. The van der Waals surface area contributed by atoms with E-state index in [2.05, 4.69) is 15.3 Å². The average molecular weight is 467 g/mol. The van der Waals surface area contributed by atoms with Gasteiger partial charge in [0.2, 0.25) is 0 Å². The fourth-order valence-electron chi connectivity index (χ4n) is 3.66. The van der Waals surface area contributed by atoms with Gasteiger partial charge in [0.1, 0.15) is 6.10 Å². The Hall–Kier alpha value is -3.65. The van der Waals surface area contributed by atoms with Crippen LogP contribution in [0.25, 0.3) is 11.1 Å². The number of amides is 2. The number of carbonyl (C=O) groups excluding carboxylic acids is 1. The summed E-state index contributed by atoms with van der Waals surface area (Å²) in [5, 5.41) is 12.6. The number of aromatic nitrogens is 2. The number of rotatable bonds is 6. The molecule has 1 aliphatic rings. The van der Waals surface area contributed by atoms with E-state index in [1.165, 1.54) is 0 Å². The summed E-state index contributed by atoms with van der Waals surface area (Å²) in [4.78, 5) is 33.7. The number of nitrogens with zero attached hydrogens (tertiary/aromatic N) is 3. The second-order valence-electron chi connectivity index (χ2n) is 7.69. The minimum Gasteiger partial charge on any atom is -0.478 e. The van der Waals surface area contributed by atoms with Crippen LogP contribution in [0.15, 0.2) is 60.9 Å². The first-order valence-electron chi connectivity index (χ1n) is 10.6. The molecular formula is C24H23ClN4O4. The summed E-state index contributed by atoms with van der Waals surface area (Å²) in [6.45, 7) is 1.45. The lowest BCUT2D eigenvalue weighted by Gasteiger charge is -2.31. The Labute approximate surface area is 196 Å². The molecule has 9 heteroatoms. The summed E-state index contributed by atoms with van der Waals surface area (Å²) in [6, 6.07) is 14.1. The first kappa shape index (κ1) is 22.5. The van der Waals surface area contributed by atoms with E-state index in [9.17, 15) is 14.7 Å². The van der Waals surface area contributed by atoms with Gasteiger partial charge in [-0.25, -0.2) is 19.6 Å². The van der Waals surface area contributed by atoms with E-state index in [4.69, 9.17) is 16.3 Å². The van der Waals surface area contributed by atoms with E-state index in [0.717, 1.165) is 16.7 Å². The first-order chi connectivity index (χ1) is 16.0. The van der Waals surface area contributed by atoms with Gasteiger partial charge in [-0.15, -0.1) is 0 Å². The number of likely N-dealkylation sites (tertiary alicyclic amines) is 1. The Morgan fingerprint density at radius 3 is 2.48 bits per heavy atom. The third-order valence-electron chi connectivity index (χ3n) is 5.47. The Morgan fingerprint density at radius 2 is 1.79 bits per heavy atom. The summed E-state index contributed by atoms with van der Waals surface area (Å²) in [6.07, 6.45) is 4.66. The number of hydrogen-bond acceptors (Lipinski definition) is 5. The standard InChI is InChI=1S/C24H23ClN4O4/c25-21-14-17(16-3-1-4-18(13-16)22(30)31)5-6-19(21)15-28-24(32)29-11-7-20(8-12-29)33-23-26-9-2-10-27-23/h1-6,9-10,13-14,20H,7-8,11-12,15H2,(H,28,32)(H,30,31). The molecule has 2 aromatic carbocycles. The van der Waals surface area contributed by atoms with E-state index >= 15 is 0 Å². The Bertz CT molecular complexity index is 1130. The van der Waals surface area contributed by atoms with Crippen LogP contribution in [-0.4, -0.2) is 51.2 Å². The lowest BCUT2D eigenvalue weighted by molar-refractivity contribution is 0.0696. The lowest BCUT2D eigenvalue weighted by atomic mass is 10.0. The largest absolute Gasteiger partial charge is 0.478 e. The molecule has 4 rings (SSSR count). The van der Waals surface area contributed by atoms with Crippen LogP contribution in [0.5, 0.6) is 6.01 Å². The molecule has 1 saturated heterocycles. The predicted octanol–water partition coefficient (Wildman–Crippen LogP) is 4.25. The molecular weight excluding hydrogens is 444 g/mol. The number of nitrogens with one attached hydrogen (secondary N) is 1. The van der Waals surface area contributed by atoms with Crippen molar-refractivity contribution in [2.45, 2.75) is 25.5 Å². The van der Waals surface area contributed by atoms with E-state index in [0.29, 0.717) is 43.5 Å². The van der Waals surface area contributed by atoms with Crippen LogP contribution in [0.3, 0.4) is 0 Å². The summed E-state index contributed by atoms with van der Waals surface area (Å²) in [5.74, 6) is -0.980. The molecule has 0 atom stereocenters. The number of piperidine rings is 1. The molecule has 2 N–H and O–H groups in total. The Kier molecular flexibility index (Phi) is 7.04. The minimum atomic E-state index is -0.980. The van der Waals surface area contributed by atoms with Crippen LogP contribution in [0.4, 0.5) is 4.79 Å². The first-order valence-corrected chi connectivity index (χ1v) is 11.0. The maximum Gasteiger partial charge on any atom is 0.335 e. The summed E-state index contributed by atoms with van der Waals surface area (Å²) in [7, 11) is 0. The van der Waals surface area contributed by atoms with Crippen LogP contribution in [0, 0.1) is 0 Å². The van der Waals surface area contributed by atoms with Crippen molar-refractivity contribution in [2.75, 3.05) is 13.1 Å². The Morgan fingerprint density at radius 1 is 1.06 bits per heavy atom. The molecule has 1 aliphatic heterocycles. The zero-order valence-electron chi connectivity index (χ0n) is 17.8. The van der Waals surface area contributed by atoms with Crippen molar-refractivity contribution >= 4 is 23.6 Å². The van der Waals surface area contributed by atoms with Gasteiger partial charge in [0.05, 0.1) is 5.56 Å². The number of carboxylic acid groups (broad SMARTS) is 1. The molecule has 0 radical (unpaired) electrons. The van der Waals surface area contributed by atoms with Crippen molar-refractivity contribution in [1.82, 2.24) is 20.2 Å². The number of halogens is 1. The van der Waals surface area contributed by atoms with Crippen LogP contribution < -0.4 is 10.1 Å². The van der Waals surface area contributed by atoms with Gasteiger partial charge in [-0.1, -0.05) is 35.9 Å². The zero-order chi connectivity index (χ0) is 23.2. The molecule has 0 spiro atoms. The molecule has 0 unspecified atom stereocenters. The molecule has 0 bridgehead atoms. The molecule has 170 valence electrons. The second-order valence-corrected chi connectivity index (χ2v) is 8.09. The molecule has 33 heavy (non-hydrogen) atoms. The average Bonchev–Trinajstić information content (AvgIpc) is 2.84. The summed E-state index contributed by atoms with van der Waals surface area (Å²) >= 11 is 6.44. The molecule has 1 aromatic heterocycles. The van der Waals surface area contributed by atoms with Crippen LogP contribution >= 0.6 is 11.6 Å². The number of benzene rings is 2. The number of aromatic carboxylic acids is 1. The quantitative estimate of drug-likeness (QED) is 0.562. The van der Waals surface area contributed by atoms with Crippen molar-refractivity contribution in [1.29, 1.82) is 0 Å². The lowest BCUT2D eigenvalue weighted by Crippen LogP contribution is -2.46. The van der Waals surface area contributed by atoms with Gasteiger partial charge in [0.15, 0.2) is 0 Å². The monoisotopic (exact) mass is 466 g/mol. The van der Waals surface area contributed by atoms with Crippen molar-refractivity contribution in [3.8, 4) is 17.1 Å². The summed E-state index contributed by atoms with van der Waals surface area (Å²) in [5.41, 5.74) is 2.56. The highest BCUT2D eigenvalue weighted by Crippen LogP contribution is 2.26. The molecule has 3 aromatic rings. The van der Waals surface area contributed by atoms with Gasteiger partial charge in [-0.3, -0.25) is 0 Å². The normalized spacial score (nSPS) is 14.0. The van der Waals surface area contributed by atoms with Crippen molar-refractivity contribution < 1.29 is 19.4 Å². The third-order valence-corrected chi connectivity index (χ3v) is 5.82. The van der Waals surface area contributed by atoms with Crippen molar-refractivity contribution in [3.05, 3.63) is 77.1 Å². The highest BCUT2D eigenvalue weighted by molar-refractivity contribution is 6.31. The third kappa shape index (κ3) is 5.78. The highest BCUT2D eigenvalue weighted by Gasteiger charge is 2.24. The topological polar surface area (TPSA) is 105 Å². The van der Waals surface area contributed by atoms with Gasteiger partial charge in [0.25, 0.3) is 0 Å². The molecule has 2 heterocycles. The van der Waals surface area contributed by atoms with Crippen molar-refractivity contribution in [2.24, 2.45) is 0 Å². The SMILES string of the molecule is O=C(O)c1cccc(-c2ccc(CNC(=O)N3CCC(Oc4ncccn4)CC3)c(Cl)c2)c1. The number of carbonyl (C=O) groups is 2. The second kappa shape index (κ2) is 10.3. The smallest absolute Gasteiger partial charge is 0.335 e. The van der Waals surface area contributed by atoms with Gasteiger partial charge >= 0.3 is 18.0 Å². The zero-order valence-corrected chi connectivity index (χ0v) is 18.5. The number of hydrogen-bond donors (Lipinski definition) is 2. The fourth-order valence-corrected chi connectivity index (χ4v) is 3.90. The van der Waals surface area contributed by atoms with E-state index < -0.39 is 5.97 Å². The van der Waals surface area contributed by atoms with Gasteiger partial charge in [-0.2, -0.15) is 0 Å². The summed E-state index contributed by atoms with van der Waals surface area (Å²) < 4.78 is 5.77. The maximum atomic E-state index is 12.6. The predicted molar refractivity (Wildman–Crippen MR) is 123 cm³/mol. The molecule has 8 nitrogen and oxygen atoms in total. The van der Waals surface area contributed by atoms with Gasteiger partial charge in [-0.05, 0) is 41.0 Å². The number of urea groups is 1. The van der Waals surface area contributed by atoms with Crippen LogP contribution in [0.2, 0.25) is 5.02 Å². The maximum absolute atomic E-state index is 12.6. The molecule has 2 amide bonds. The minimum absolute atomic E-state index is 0.0157. The van der Waals surface area contributed by atoms with E-state index in [1.54, 1.807) is 47.6 Å². The van der Waals surface area contributed by atoms with Gasteiger partial charge < -0.3 is 20.1 Å². The molecule has 0 aliphatic carbocycles. The number of carboxylic acids is 1. The Balaban J connectivity index is 1.30. The highest BCUT2D eigenvalue weighted by atomic mass is 35.5. The van der Waals surface area contributed by atoms with Crippen molar-refractivity contribution in [3.63, 3.8) is 0 Å². The molecule has 1 fully saturated rings.